The molecule has 0 atom stereocenters. The van der Waals surface area contributed by atoms with E-state index in [1.165, 1.54) is 31.4 Å². The molecule has 32 heavy (non-hydrogen) atoms. The number of hydrogen-bond donors (Lipinski definition) is 2. The van der Waals surface area contributed by atoms with E-state index in [0.29, 0.717) is 25.4 Å². The third-order valence-electron chi connectivity index (χ3n) is 5.19. The second kappa shape index (κ2) is 10.0. The van der Waals surface area contributed by atoms with Crippen LogP contribution in [0.3, 0.4) is 0 Å². The maximum atomic E-state index is 13.1. The van der Waals surface area contributed by atoms with E-state index >= 15 is 0 Å². The van der Waals surface area contributed by atoms with Crippen molar-refractivity contribution in [1.29, 1.82) is 0 Å². The molecule has 0 radical (unpaired) electrons. The number of benzene rings is 2. The van der Waals surface area contributed by atoms with Crippen molar-refractivity contribution < 1.29 is 22.7 Å². The average molecular weight is 460 g/mol. The van der Waals surface area contributed by atoms with Crippen molar-refractivity contribution >= 4 is 27.5 Å². The van der Waals surface area contributed by atoms with E-state index in [2.05, 4.69) is 10.0 Å². The molecule has 0 saturated carbocycles. The van der Waals surface area contributed by atoms with Crippen molar-refractivity contribution in [3.05, 3.63) is 53.6 Å². The summed E-state index contributed by atoms with van der Waals surface area (Å²) in [6, 6.07) is 10.6. The third-order valence-corrected chi connectivity index (χ3v) is 6.55. The van der Waals surface area contributed by atoms with Gasteiger partial charge in [0.05, 0.1) is 28.8 Å². The van der Waals surface area contributed by atoms with E-state index in [-0.39, 0.29) is 39.4 Å². The van der Waals surface area contributed by atoms with Crippen LogP contribution in [-0.4, -0.2) is 51.9 Å². The molecule has 0 unspecified atom stereocenters. The number of sulfonamides is 1. The lowest BCUT2D eigenvalue weighted by Crippen LogP contribution is -2.29. The van der Waals surface area contributed by atoms with Crippen molar-refractivity contribution in [2.75, 3.05) is 31.5 Å². The van der Waals surface area contributed by atoms with E-state index < -0.39 is 10.0 Å². The van der Waals surface area contributed by atoms with Gasteiger partial charge in [-0.15, -0.1) is 0 Å². The molecule has 2 N–H and O–H groups in total. The fraction of sp³-hybridized carbons (Fsp3) is 0.391. The van der Waals surface area contributed by atoms with Crippen LogP contribution in [0.5, 0.6) is 5.75 Å². The van der Waals surface area contributed by atoms with Crippen molar-refractivity contribution in [2.24, 2.45) is 5.92 Å². The topological polar surface area (TPSA) is 105 Å². The lowest BCUT2D eigenvalue weighted by atomic mass is 10.1. The predicted molar refractivity (Wildman–Crippen MR) is 123 cm³/mol. The summed E-state index contributed by atoms with van der Waals surface area (Å²) in [7, 11) is -2.62. The van der Waals surface area contributed by atoms with Gasteiger partial charge in [0.1, 0.15) is 5.75 Å². The molecule has 1 aliphatic rings. The van der Waals surface area contributed by atoms with Gasteiger partial charge in [0, 0.05) is 19.6 Å². The molecular formula is C23H29N3O5S. The zero-order valence-corrected chi connectivity index (χ0v) is 19.4. The van der Waals surface area contributed by atoms with Crippen LogP contribution in [0.25, 0.3) is 0 Å². The van der Waals surface area contributed by atoms with Crippen molar-refractivity contribution in [2.45, 2.75) is 31.6 Å². The number of hydrogen-bond acceptors (Lipinski definition) is 5. The number of nitrogens with zero attached hydrogens (tertiary/aromatic N) is 1. The van der Waals surface area contributed by atoms with Gasteiger partial charge in [0.15, 0.2) is 0 Å². The normalized spacial score (nSPS) is 13.8. The molecule has 3 rings (SSSR count). The SMILES string of the molecule is COc1ccc(S(=O)(=O)Nc2ccccc2C(=O)NCC(C)C)cc1C(=O)N1CCCC1. The molecule has 8 nitrogen and oxygen atoms in total. The van der Waals surface area contributed by atoms with Gasteiger partial charge in [-0.1, -0.05) is 26.0 Å². The van der Waals surface area contributed by atoms with Crippen LogP contribution in [0, 0.1) is 5.92 Å². The minimum atomic E-state index is -4.06. The van der Waals surface area contributed by atoms with Gasteiger partial charge in [0.2, 0.25) is 0 Å². The van der Waals surface area contributed by atoms with E-state index in [4.69, 9.17) is 4.74 Å². The summed E-state index contributed by atoms with van der Waals surface area (Å²) < 4.78 is 34.0. The van der Waals surface area contributed by atoms with Crippen molar-refractivity contribution in [3.8, 4) is 5.75 Å². The minimum Gasteiger partial charge on any atom is -0.496 e. The first-order chi connectivity index (χ1) is 15.2. The van der Waals surface area contributed by atoms with Gasteiger partial charge in [0.25, 0.3) is 21.8 Å². The van der Waals surface area contributed by atoms with Crippen LogP contribution < -0.4 is 14.8 Å². The quantitative estimate of drug-likeness (QED) is 0.631. The first-order valence-corrected chi connectivity index (χ1v) is 12.1. The van der Waals surface area contributed by atoms with Gasteiger partial charge in [-0.3, -0.25) is 14.3 Å². The standard InChI is InChI=1S/C23H29N3O5S/c1-16(2)15-24-22(27)18-8-4-5-9-20(18)25-32(29,30)17-10-11-21(31-3)19(14-17)23(28)26-12-6-7-13-26/h4-5,8-11,14,16,25H,6-7,12-13,15H2,1-3H3,(H,24,27). The third kappa shape index (κ3) is 5.40. The van der Waals surface area contributed by atoms with Crippen molar-refractivity contribution in [3.63, 3.8) is 0 Å². The van der Waals surface area contributed by atoms with Gasteiger partial charge in [-0.2, -0.15) is 0 Å². The Bertz CT molecular complexity index is 1090. The van der Waals surface area contributed by atoms with Gasteiger partial charge in [-0.25, -0.2) is 8.42 Å². The Balaban J connectivity index is 1.90. The predicted octanol–water partition coefficient (Wildman–Crippen LogP) is 3.12. The first-order valence-electron chi connectivity index (χ1n) is 10.6. The Labute approximate surface area is 189 Å². The summed E-state index contributed by atoms with van der Waals surface area (Å²) in [5.74, 6) is -0.0514. The molecule has 9 heteroatoms. The van der Waals surface area contributed by atoms with Gasteiger partial charge in [-0.05, 0) is 49.1 Å². The van der Waals surface area contributed by atoms with E-state index in [0.717, 1.165) is 12.8 Å². The van der Waals surface area contributed by atoms with Crippen LogP contribution in [0.4, 0.5) is 5.69 Å². The molecular weight excluding hydrogens is 430 g/mol. The maximum absolute atomic E-state index is 13.1. The summed E-state index contributed by atoms with van der Waals surface area (Å²) in [5, 5.41) is 2.79. The van der Waals surface area contributed by atoms with Crippen LogP contribution in [0.1, 0.15) is 47.4 Å². The number of amides is 2. The number of methoxy groups -OCH3 is 1. The summed E-state index contributed by atoms with van der Waals surface area (Å²) in [6.45, 7) is 5.69. The van der Waals surface area contributed by atoms with Crippen LogP contribution >= 0.6 is 0 Å². The largest absolute Gasteiger partial charge is 0.496 e. The number of ether oxygens (including phenoxy) is 1. The maximum Gasteiger partial charge on any atom is 0.261 e. The second-order valence-electron chi connectivity index (χ2n) is 8.12. The highest BCUT2D eigenvalue weighted by molar-refractivity contribution is 7.92. The Morgan fingerprint density at radius 2 is 1.75 bits per heavy atom. The number of para-hydroxylation sites is 1. The number of nitrogens with one attached hydrogen (secondary N) is 2. The number of anilines is 1. The number of carbonyl (C=O) groups is 2. The highest BCUT2D eigenvalue weighted by Gasteiger charge is 2.26. The van der Waals surface area contributed by atoms with Crippen LogP contribution in [0.2, 0.25) is 0 Å². The summed E-state index contributed by atoms with van der Waals surface area (Å²) in [4.78, 5) is 27.1. The number of rotatable bonds is 8. The average Bonchev–Trinajstić information content (AvgIpc) is 3.31. The number of likely N-dealkylation sites (tertiary alicyclic amines) is 1. The van der Waals surface area contributed by atoms with Crippen LogP contribution in [-0.2, 0) is 10.0 Å². The summed E-state index contributed by atoms with van der Waals surface area (Å²) in [6.07, 6.45) is 1.84. The zero-order valence-electron chi connectivity index (χ0n) is 18.6. The zero-order chi connectivity index (χ0) is 23.3. The molecule has 0 spiro atoms. The Morgan fingerprint density at radius 1 is 1.06 bits per heavy atom. The molecule has 0 aliphatic carbocycles. The van der Waals surface area contributed by atoms with E-state index in [1.807, 2.05) is 13.8 Å². The highest BCUT2D eigenvalue weighted by Crippen LogP contribution is 2.27. The van der Waals surface area contributed by atoms with Gasteiger partial charge >= 0.3 is 0 Å². The van der Waals surface area contributed by atoms with Crippen molar-refractivity contribution in [1.82, 2.24) is 10.2 Å². The number of carbonyl (C=O) groups excluding carboxylic acids is 2. The Morgan fingerprint density at radius 3 is 2.41 bits per heavy atom. The molecule has 0 bridgehead atoms. The molecule has 1 fully saturated rings. The van der Waals surface area contributed by atoms with E-state index in [9.17, 15) is 18.0 Å². The second-order valence-corrected chi connectivity index (χ2v) is 9.80. The van der Waals surface area contributed by atoms with Crippen LogP contribution in [0.15, 0.2) is 47.4 Å². The highest BCUT2D eigenvalue weighted by atomic mass is 32.2. The Kier molecular flexibility index (Phi) is 7.40. The fourth-order valence-electron chi connectivity index (χ4n) is 3.48. The molecule has 0 aromatic heterocycles. The fourth-order valence-corrected chi connectivity index (χ4v) is 4.58. The lowest BCUT2D eigenvalue weighted by Gasteiger charge is -2.18. The minimum absolute atomic E-state index is 0.0850. The summed E-state index contributed by atoms with van der Waals surface area (Å²) in [5.41, 5.74) is 0.579. The monoisotopic (exact) mass is 459 g/mol. The first kappa shape index (κ1) is 23.6. The molecule has 1 heterocycles. The molecule has 2 amide bonds. The molecule has 1 aliphatic heterocycles. The smallest absolute Gasteiger partial charge is 0.261 e. The molecule has 2 aromatic carbocycles. The molecule has 2 aromatic rings. The lowest BCUT2D eigenvalue weighted by molar-refractivity contribution is 0.0789. The molecule has 1 saturated heterocycles. The van der Waals surface area contributed by atoms with Gasteiger partial charge < -0.3 is 15.0 Å². The Hall–Kier alpha value is -3.07. The van der Waals surface area contributed by atoms with E-state index in [1.54, 1.807) is 23.1 Å². The molecule has 172 valence electrons. The summed E-state index contributed by atoms with van der Waals surface area (Å²) >= 11 is 0.